The van der Waals surface area contributed by atoms with Crippen molar-refractivity contribution in [2.45, 2.75) is 86.5 Å². The van der Waals surface area contributed by atoms with Gasteiger partial charge in [0.25, 0.3) is 0 Å². The molecule has 25 heavy (non-hydrogen) atoms. The van der Waals surface area contributed by atoms with Gasteiger partial charge in [0.15, 0.2) is 0 Å². The van der Waals surface area contributed by atoms with Gasteiger partial charge in [-0.2, -0.15) is 0 Å². The maximum Gasteiger partial charge on any atom is 0.00936 e. The molecule has 6 atom stereocenters. The smallest absolute Gasteiger partial charge is 0.00936 e. The predicted octanol–water partition coefficient (Wildman–Crippen LogP) is 7.97. The van der Waals surface area contributed by atoms with Crippen LogP contribution in [0.4, 0.5) is 0 Å². The zero-order valence-corrected chi connectivity index (χ0v) is 17.8. The van der Waals surface area contributed by atoms with Crippen molar-refractivity contribution in [3.63, 3.8) is 0 Å². The molecule has 0 aliphatic heterocycles. The van der Waals surface area contributed by atoms with Crippen molar-refractivity contribution in [2.75, 3.05) is 0 Å². The summed E-state index contributed by atoms with van der Waals surface area (Å²) in [6.07, 6.45) is 19.5. The molecule has 0 amide bonds. The van der Waals surface area contributed by atoms with E-state index in [0.717, 1.165) is 23.7 Å². The van der Waals surface area contributed by atoms with Gasteiger partial charge in [0.1, 0.15) is 0 Å². The molecule has 0 aromatic carbocycles. The van der Waals surface area contributed by atoms with Crippen LogP contribution in [0.1, 0.15) is 86.5 Å². The minimum atomic E-state index is 0.384. The van der Waals surface area contributed by atoms with E-state index in [2.05, 4.69) is 44.7 Å². The Morgan fingerprint density at radius 1 is 1.00 bits per heavy atom. The lowest BCUT2D eigenvalue weighted by Crippen LogP contribution is -2.49. The van der Waals surface area contributed by atoms with E-state index in [0.29, 0.717) is 10.8 Å². The van der Waals surface area contributed by atoms with Gasteiger partial charge in [-0.15, -0.1) is 6.58 Å². The summed E-state index contributed by atoms with van der Waals surface area (Å²) in [5.74, 6) is 3.58. The number of hydrogen-bond donors (Lipinski definition) is 0. The normalized spacial score (nSPS) is 43.8. The van der Waals surface area contributed by atoms with E-state index < -0.39 is 0 Å². The third-order valence-corrected chi connectivity index (χ3v) is 7.97. The molecule has 4 aliphatic rings. The van der Waals surface area contributed by atoms with Crippen LogP contribution < -0.4 is 0 Å². The fourth-order valence-electron chi connectivity index (χ4n) is 6.77. The summed E-state index contributed by atoms with van der Waals surface area (Å²) in [6.45, 7) is 17.3. The second kappa shape index (κ2) is 8.28. The average Bonchev–Trinajstić information content (AvgIpc) is 3.01. The first-order valence-electron chi connectivity index (χ1n) is 11.1. The van der Waals surface area contributed by atoms with Crippen molar-refractivity contribution in [1.29, 1.82) is 0 Å². The summed E-state index contributed by atoms with van der Waals surface area (Å²) in [5, 5.41) is 0. The fraction of sp³-hybridized carbons (Fsp3) is 0.760. The van der Waals surface area contributed by atoms with Crippen LogP contribution in [0.25, 0.3) is 0 Å². The summed E-state index contributed by atoms with van der Waals surface area (Å²) in [5.41, 5.74) is 2.70. The Balaban J connectivity index is 0.000000528. The molecule has 0 heteroatoms. The predicted molar refractivity (Wildman–Crippen MR) is 113 cm³/mol. The summed E-state index contributed by atoms with van der Waals surface area (Å²) >= 11 is 0. The average molecular weight is 343 g/mol. The van der Waals surface area contributed by atoms with E-state index in [4.69, 9.17) is 0 Å². The first-order valence-corrected chi connectivity index (χ1v) is 11.1. The van der Waals surface area contributed by atoms with Crippen LogP contribution in [0.2, 0.25) is 0 Å². The molecule has 3 fully saturated rings. The second-order valence-electron chi connectivity index (χ2n) is 8.53. The van der Waals surface area contributed by atoms with Gasteiger partial charge in [0.05, 0.1) is 0 Å². The largest absolute Gasteiger partial charge is 0.103 e. The van der Waals surface area contributed by atoms with Crippen molar-refractivity contribution in [1.82, 2.24) is 0 Å². The summed E-state index contributed by atoms with van der Waals surface area (Å²) in [7, 11) is 0. The molecule has 0 saturated heterocycles. The molecule has 0 aromatic rings. The molecule has 0 spiro atoms. The lowest BCUT2D eigenvalue weighted by molar-refractivity contribution is -0.0264. The third kappa shape index (κ3) is 3.19. The van der Waals surface area contributed by atoms with E-state index in [1.807, 2.05) is 27.7 Å². The maximum absolute atomic E-state index is 4.14. The number of hydrogen-bond acceptors (Lipinski definition) is 0. The van der Waals surface area contributed by atoms with E-state index in [1.165, 1.54) is 44.9 Å². The molecule has 142 valence electrons. The monoisotopic (exact) mass is 342 g/mol. The summed E-state index contributed by atoms with van der Waals surface area (Å²) in [4.78, 5) is 0. The number of allylic oxidation sites excluding steroid dienone is 5. The zero-order valence-electron chi connectivity index (χ0n) is 17.8. The number of rotatable bonds is 1. The molecule has 0 aromatic heterocycles. The Kier molecular flexibility index (Phi) is 6.80. The molecule has 6 unspecified atom stereocenters. The van der Waals surface area contributed by atoms with Crippen LogP contribution in [-0.2, 0) is 0 Å². The highest BCUT2D eigenvalue weighted by molar-refractivity contribution is 5.31. The molecular weight excluding hydrogens is 300 g/mol. The Hall–Kier alpha value is -0.780. The molecule has 0 bridgehead atoms. The molecule has 0 radical (unpaired) electrons. The van der Waals surface area contributed by atoms with Gasteiger partial charge < -0.3 is 0 Å². The van der Waals surface area contributed by atoms with Gasteiger partial charge >= 0.3 is 0 Å². The van der Waals surface area contributed by atoms with E-state index >= 15 is 0 Å². The van der Waals surface area contributed by atoms with Crippen LogP contribution in [0.5, 0.6) is 0 Å². The minimum absolute atomic E-state index is 0.384. The van der Waals surface area contributed by atoms with Crippen molar-refractivity contribution in [3.05, 3.63) is 36.5 Å². The lowest BCUT2D eigenvalue weighted by Gasteiger charge is -2.57. The first kappa shape index (κ1) is 20.5. The van der Waals surface area contributed by atoms with Crippen LogP contribution in [0.3, 0.4) is 0 Å². The quantitative estimate of drug-likeness (QED) is 0.424. The zero-order chi connectivity index (χ0) is 18.7. The molecule has 0 heterocycles. The van der Waals surface area contributed by atoms with Gasteiger partial charge in [0.2, 0.25) is 0 Å². The highest BCUT2D eigenvalue weighted by Crippen LogP contribution is 2.66. The Labute approximate surface area is 157 Å². The second-order valence-corrected chi connectivity index (χ2v) is 8.53. The van der Waals surface area contributed by atoms with Crippen LogP contribution in [0.15, 0.2) is 36.5 Å². The Morgan fingerprint density at radius 2 is 1.72 bits per heavy atom. The highest BCUT2D eigenvalue weighted by atomic mass is 14.6. The number of fused-ring (bicyclic) bond motifs is 5. The van der Waals surface area contributed by atoms with Crippen molar-refractivity contribution in [3.8, 4) is 0 Å². The van der Waals surface area contributed by atoms with Gasteiger partial charge in [-0.05, 0) is 74.0 Å². The van der Waals surface area contributed by atoms with Crippen LogP contribution in [0, 0.1) is 34.5 Å². The SMILES string of the molecule is C=CC1CCC2C3CCC4=CCC=CC4(C)C3CCC12C.CC.CC. The van der Waals surface area contributed by atoms with Crippen molar-refractivity contribution >= 4 is 0 Å². The summed E-state index contributed by atoms with van der Waals surface area (Å²) in [6, 6.07) is 0. The van der Waals surface area contributed by atoms with E-state index in [-0.39, 0.29) is 0 Å². The summed E-state index contributed by atoms with van der Waals surface area (Å²) < 4.78 is 0. The Bertz CT molecular complexity index is 510. The highest BCUT2D eigenvalue weighted by Gasteiger charge is 2.57. The Morgan fingerprint density at radius 3 is 2.40 bits per heavy atom. The first-order chi connectivity index (χ1) is 12.1. The standard InChI is InChI=1S/C21H30.2C2H6/c1-4-15-9-11-18-17-10-8-16-7-5-6-13-20(16,2)19(17)12-14-21(15,18)3;2*1-2/h4,6-7,13,15,17-19H,1,5,8-12,14H2,2-3H3;2*1-2H3. The van der Waals surface area contributed by atoms with Gasteiger partial charge in [-0.25, -0.2) is 0 Å². The molecular formula is C25H42. The van der Waals surface area contributed by atoms with Gasteiger partial charge in [-0.3, -0.25) is 0 Å². The van der Waals surface area contributed by atoms with Gasteiger partial charge in [0, 0.05) is 5.41 Å². The van der Waals surface area contributed by atoms with Crippen molar-refractivity contribution in [2.24, 2.45) is 34.5 Å². The lowest BCUT2D eigenvalue weighted by atomic mass is 9.48. The molecule has 3 saturated carbocycles. The van der Waals surface area contributed by atoms with Gasteiger partial charge in [-0.1, -0.05) is 71.4 Å². The molecule has 4 rings (SSSR count). The maximum atomic E-state index is 4.14. The molecule has 0 N–H and O–H groups in total. The van der Waals surface area contributed by atoms with E-state index in [9.17, 15) is 0 Å². The fourth-order valence-corrected chi connectivity index (χ4v) is 6.77. The van der Waals surface area contributed by atoms with E-state index in [1.54, 1.807) is 5.57 Å². The molecule has 0 nitrogen and oxygen atoms in total. The third-order valence-electron chi connectivity index (χ3n) is 7.97. The van der Waals surface area contributed by atoms with Crippen LogP contribution in [-0.4, -0.2) is 0 Å². The molecule has 4 aliphatic carbocycles. The minimum Gasteiger partial charge on any atom is -0.103 e. The topological polar surface area (TPSA) is 0 Å². The van der Waals surface area contributed by atoms with Crippen LogP contribution >= 0.6 is 0 Å². The van der Waals surface area contributed by atoms with Crippen molar-refractivity contribution < 1.29 is 0 Å².